The molecule has 2 aromatic carbocycles. The molecule has 0 atom stereocenters. The molecule has 0 spiro atoms. The zero-order chi connectivity index (χ0) is 23.5. The zero-order valence-electron chi connectivity index (χ0n) is 18.7. The van der Waals surface area contributed by atoms with Gasteiger partial charge in [0.05, 0.1) is 11.5 Å². The van der Waals surface area contributed by atoms with Gasteiger partial charge in [-0.15, -0.1) is 0 Å². The number of rotatable bonds is 11. The quantitative estimate of drug-likeness (QED) is 0.242. The summed E-state index contributed by atoms with van der Waals surface area (Å²) in [5, 5.41) is 13.6. The Labute approximate surface area is 188 Å². The molecule has 0 radical (unpaired) electrons. The van der Waals surface area contributed by atoms with Crippen molar-refractivity contribution >= 4 is 23.6 Å². The molecule has 2 rings (SSSR count). The maximum Gasteiger partial charge on any atom is 0.270 e. The molecule has 0 saturated heterocycles. The Morgan fingerprint density at radius 3 is 2.19 bits per heavy atom. The van der Waals surface area contributed by atoms with Crippen molar-refractivity contribution in [1.29, 1.82) is 0 Å². The summed E-state index contributed by atoms with van der Waals surface area (Å²) in [5.74, 6) is -0.0872. The smallest absolute Gasteiger partial charge is 0.270 e. The number of hydrogen-bond acceptors (Lipinski definition) is 5. The van der Waals surface area contributed by atoms with Crippen LogP contribution < -0.4 is 10.1 Å². The number of ether oxygens (including phenoxy) is 1. The first-order valence-corrected chi connectivity index (χ1v) is 10.7. The number of likely N-dealkylation sites (N-methyl/N-ethyl adjacent to an activating group) is 1. The van der Waals surface area contributed by atoms with E-state index in [1.807, 2.05) is 13.8 Å². The summed E-state index contributed by atoms with van der Waals surface area (Å²) in [6, 6.07) is 12.5. The van der Waals surface area contributed by atoms with Gasteiger partial charge in [-0.2, -0.15) is 0 Å². The second-order valence-corrected chi connectivity index (χ2v) is 7.06. The molecule has 2 amide bonds. The minimum Gasteiger partial charge on any atom is -0.494 e. The summed E-state index contributed by atoms with van der Waals surface area (Å²) >= 11 is 0. The highest BCUT2D eigenvalue weighted by Crippen LogP contribution is 2.16. The fourth-order valence-electron chi connectivity index (χ4n) is 2.92. The minimum absolute atomic E-state index is 0.0518. The van der Waals surface area contributed by atoms with Crippen molar-refractivity contribution in [3.63, 3.8) is 0 Å². The highest BCUT2D eigenvalue weighted by molar-refractivity contribution is 6.05. The monoisotopic (exact) mass is 439 g/mol. The molecule has 8 nitrogen and oxygen atoms in total. The highest BCUT2D eigenvalue weighted by Gasteiger charge is 2.19. The summed E-state index contributed by atoms with van der Waals surface area (Å²) in [5.41, 5.74) is 0.987. The van der Waals surface area contributed by atoms with Crippen molar-refractivity contribution in [2.75, 3.05) is 19.7 Å². The van der Waals surface area contributed by atoms with Crippen molar-refractivity contribution in [3.8, 4) is 5.75 Å². The first-order chi connectivity index (χ1) is 15.4. The first kappa shape index (κ1) is 24.6. The molecule has 0 bridgehead atoms. The third-order valence-electron chi connectivity index (χ3n) is 4.83. The normalized spacial score (nSPS) is 11.0. The van der Waals surface area contributed by atoms with Crippen LogP contribution in [-0.2, 0) is 4.79 Å². The van der Waals surface area contributed by atoms with E-state index in [-0.39, 0.29) is 17.3 Å². The van der Waals surface area contributed by atoms with Gasteiger partial charge in [-0.3, -0.25) is 19.7 Å². The molecule has 0 heterocycles. The Bertz CT molecular complexity index is 949. The number of carbonyl (C=O) groups excluding carboxylic acids is 2. The van der Waals surface area contributed by atoms with E-state index in [9.17, 15) is 19.7 Å². The van der Waals surface area contributed by atoms with Crippen molar-refractivity contribution in [1.82, 2.24) is 10.2 Å². The van der Waals surface area contributed by atoms with Gasteiger partial charge in [0, 0.05) is 30.8 Å². The van der Waals surface area contributed by atoms with Crippen LogP contribution in [0.5, 0.6) is 5.75 Å². The fraction of sp³-hybridized carbons (Fsp3) is 0.333. The van der Waals surface area contributed by atoms with Gasteiger partial charge in [0.2, 0.25) is 0 Å². The van der Waals surface area contributed by atoms with E-state index >= 15 is 0 Å². The summed E-state index contributed by atoms with van der Waals surface area (Å²) in [4.78, 5) is 37.7. The second-order valence-electron chi connectivity index (χ2n) is 7.06. The number of hydrogen-bond donors (Lipinski definition) is 1. The predicted octanol–water partition coefficient (Wildman–Crippen LogP) is 4.41. The molecule has 170 valence electrons. The number of nitrogens with one attached hydrogen (secondary N) is 1. The van der Waals surface area contributed by atoms with Gasteiger partial charge in [-0.05, 0) is 68.3 Å². The topological polar surface area (TPSA) is 102 Å². The molecule has 0 unspecified atom stereocenters. The highest BCUT2D eigenvalue weighted by atomic mass is 16.6. The summed E-state index contributed by atoms with van der Waals surface area (Å²) in [7, 11) is 0. The van der Waals surface area contributed by atoms with E-state index in [4.69, 9.17) is 4.74 Å². The maximum atomic E-state index is 13.0. The minimum atomic E-state index is -0.493. The van der Waals surface area contributed by atoms with Gasteiger partial charge in [0.1, 0.15) is 11.4 Å². The zero-order valence-corrected chi connectivity index (χ0v) is 18.7. The van der Waals surface area contributed by atoms with Crippen LogP contribution in [0.1, 0.15) is 49.5 Å². The molecule has 2 aromatic rings. The molecular formula is C24H29N3O5. The van der Waals surface area contributed by atoms with Gasteiger partial charge in [0.25, 0.3) is 17.5 Å². The van der Waals surface area contributed by atoms with E-state index in [1.54, 1.807) is 29.2 Å². The molecule has 1 N–H and O–H groups in total. The Kier molecular flexibility index (Phi) is 9.41. The third kappa shape index (κ3) is 6.94. The number of carbonyl (C=O) groups is 2. The lowest BCUT2D eigenvalue weighted by molar-refractivity contribution is -0.384. The van der Waals surface area contributed by atoms with Crippen LogP contribution in [0.25, 0.3) is 6.08 Å². The van der Waals surface area contributed by atoms with Gasteiger partial charge in [-0.25, -0.2) is 0 Å². The summed E-state index contributed by atoms with van der Waals surface area (Å²) in [6.45, 7) is 7.35. The largest absolute Gasteiger partial charge is 0.494 e. The van der Waals surface area contributed by atoms with Crippen LogP contribution in [0.15, 0.2) is 54.2 Å². The third-order valence-corrected chi connectivity index (χ3v) is 4.83. The van der Waals surface area contributed by atoms with Crippen molar-refractivity contribution in [2.24, 2.45) is 0 Å². The number of amides is 2. The van der Waals surface area contributed by atoms with Gasteiger partial charge >= 0.3 is 0 Å². The average Bonchev–Trinajstić information content (AvgIpc) is 2.80. The second kappa shape index (κ2) is 12.2. The number of benzene rings is 2. The summed E-state index contributed by atoms with van der Waals surface area (Å²) in [6.07, 6.45) is 3.50. The summed E-state index contributed by atoms with van der Waals surface area (Å²) < 4.78 is 5.61. The number of nitro groups is 1. The molecule has 0 fully saturated rings. The Hall–Kier alpha value is -3.68. The molecule has 0 aliphatic heterocycles. The Morgan fingerprint density at radius 2 is 1.66 bits per heavy atom. The maximum absolute atomic E-state index is 13.0. The lowest BCUT2D eigenvalue weighted by Gasteiger charge is -2.21. The van der Waals surface area contributed by atoms with Crippen molar-refractivity contribution < 1.29 is 19.2 Å². The van der Waals surface area contributed by atoms with E-state index in [1.165, 1.54) is 30.3 Å². The molecule has 0 aliphatic carbocycles. The van der Waals surface area contributed by atoms with Gasteiger partial charge in [0.15, 0.2) is 0 Å². The predicted molar refractivity (Wildman–Crippen MR) is 123 cm³/mol. The fourth-order valence-corrected chi connectivity index (χ4v) is 2.92. The average molecular weight is 440 g/mol. The molecular weight excluding hydrogens is 410 g/mol. The van der Waals surface area contributed by atoms with E-state index < -0.39 is 10.8 Å². The van der Waals surface area contributed by atoms with Crippen LogP contribution >= 0.6 is 0 Å². The van der Waals surface area contributed by atoms with Crippen LogP contribution in [0, 0.1) is 10.1 Å². The number of non-ortho nitro benzene ring substituents is 1. The molecule has 0 aliphatic rings. The van der Waals surface area contributed by atoms with E-state index in [2.05, 4.69) is 12.2 Å². The lowest BCUT2D eigenvalue weighted by Crippen LogP contribution is -2.38. The van der Waals surface area contributed by atoms with E-state index in [0.29, 0.717) is 36.6 Å². The van der Waals surface area contributed by atoms with Crippen LogP contribution in [0.4, 0.5) is 5.69 Å². The molecule has 32 heavy (non-hydrogen) atoms. The first-order valence-electron chi connectivity index (χ1n) is 10.7. The molecule has 0 aromatic heterocycles. The van der Waals surface area contributed by atoms with Gasteiger partial charge < -0.3 is 15.0 Å². The van der Waals surface area contributed by atoms with Gasteiger partial charge in [-0.1, -0.05) is 13.3 Å². The number of nitrogens with zero attached hydrogens (tertiary/aromatic N) is 2. The molecule has 0 saturated carbocycles. The van der Waals surface area contributed by atoms with Crippen LogP contribution in [-0.4, -0.2) is 41.3 Å². The van der Waals surface area contributed by atoms with Crippen LogP contribution in [0.2, 0.25) is 0 Å². The lowest BCUT2D eigenvalue weighted by atomic mass is 10.1. The van der Waals surface area contributed by atoms with E-state index in [0.717, 1.165) is 12.8 Å². The molecule has 8 heteroatoms. The van der Waals surface area contributed by atoms with Crippen molar-refractivity contribution in [2.45, 2.75) is 33.6 Å². The standard InChI is InChI=1S/C24H29N3O5/c1-4-7-16-32-21-14-10-19(11-15-21)23(28)25-22(24(29)26(5-2)6-3)17-18-8-12-20(13-9-18)27(30)31/h8-15,17H,4-7,16H2,1-3H3,(H,25,28)/b22-17+. The Morgan fingerprint density at radius 1 is 1.03 bits per heavy atom. The Balaban J connectivity index is 2.24. The SMILES string of the molecule is CCCCOc1ccc(C(=O)N/C(=C/c2ccc([N+](=O)[O-])cc2)C(=O)N(CC)CC)cc1. The number of nitro benzene ring substituents is 1. The van der Waals surface area contributed by atoms with Crippen LogP contribution in [0.3, 0.4) is 0 Å². The van der Waals surface area contributed by atoms with Crippen molar-refractivity contribution in [3.05, 3.63) is 75.5 Å². The number of unbranched alkanes of at least 4 members (excludes halogenated alkanes) is 1.